The monoisotopic (exact) mass is 423 g/mol. The lowest BCUT2D eigenvalue weighted by molar-refractivity contribution is -0.116. The molecule has 2 amide bonds. The number of benzene rings is 3. The first-order valence-corrected chi connectivity index (χ1v) is 10.4. The van der Waals surface area contributed by atoms with Crippen LogP contribution in [0.3, 0.4) is 0 Å². The van der Waals surface area contributed by atoms with Crippen LogP contribution in [0.4, 0.5) is 11.5 Å². The van der Waals surface area contributed by atoms with Crippen molar-refractivity contribution in [1.82, 2.24) is 10.3 Å². The van der Waals surface area contributed by atoms with Gasteiger partial charge in [0.05, 0.1) is 24.7 Å². The van der Waals surface area contributed by atoms with Crippen LogP contribution < -0.4 is 15.0 Å². The van der Waals surface area contributed by atoms with Crippen LogP contribution in [-0.4, -0.2) is 23.9 Å². The average molecular weight is 423 g/mol. The highest BCUT2D eigenvalue weighted by Gasteiger charge is 2.29. The van der Waals surface area contributed by atoms with Gasteiger partial charge < -0.3 is 10.1 Å². The van der Waals surface area contributed by atoms with Crippen LogP contribution in [0.5, 0.6) is 5.75 Å². The van der Waals surface area contributed by atoms with Crippen LogP contribution in [-0.2, 0) is 17.8 Å². The summed E-state index contributed by atoms with van der Waals surface area (Å²) >= 11 is 0. The van der Waals surface area contributed by atoms with Crippen LogP contribution in [0, 0.1) is 0 Å². The van der Waals surface area contributed by atoms with Crippen molar-refractivity contribution >= 4 is 34.2 Å². The summed E-state index contributed by atoms with van der Waals surface area (Å²) in [5.74, 6) is 1.08. The van der Waals surface area contributed by atoms with E-state index in [4.69, 9.17) is 9.72 Å². The molecule has 0 spiro atoms. The van der Waals surface area contributed by atoms with Gasteiger partial charge in [-0.15, -0.1) is 0 Å². The minimum Gasteiger partial charge on any atom is -0.496 e. The molecule has 0 saturated heterocycles. The number of hydrogen-bond donors (Lipinski definition) is 1. The van der Waals surface area contributed by atoms with E-state index >= 15 is 0 Å². The number of nitrogens with zero attached hydrogens (tertiary/aromatic N) is 2. The molecule has 158 valence electrons. The maximum Gasteiger partial charge on any atom is 0.252 e. The molecule has 0 atom stereocenters. The summed E-state index contributed by atoms with van der Waals surface area (Å²) in [6, 6.07) is 24.4. The molecule has 6 heteroatoms. The summed E-state index contributed by atoms with van der Waals surface area (Å²) in [5.41, 5.74) is 3.93. The van der Waals surface area contributed by atoms with Crippen molar-refractivity contribution in [1.29, 1.82) is 0 Å². The number of fused-ring (bicyclic) bond motifs is 2. The predicted molar refractivity (Wildman–Crippen MR) is 123 cm³/mol. The Morgan fingerprint density at radius 1 is 1.00 bits per heavy atom. The van der Waals surface area contributed by atoms with Gasteiger partial charge in [-0.3, -0.25) is 14.5 Å². The van der Waals surface area contributed by atoms with E-state index in [1.165, 1.54) is 0 Å². The van der Waals surface area contributed by atoms with Crippen molar-refractivity contribution in [3.05, 3.63) is 95.6 Å². The zero-order valence-corrected chi connectivity index (χ0v) is 17.5. The molecule has 3 aromatic carbocycles. The maximum absolute atomic E-state index is 12.9. The Labute approximate surface area is 185 Å². The number of carbonyl (C=O) groups excluding carboxylic acids is 2. The van der Waals surface area contributed by atoms with E-state index in [0.29, 0.717) is 29.9 Å². The van der Waals surface area contributed by atoms with Crippen molar-refractivity contribution in [3.63, 3.8) is 0 Å². The molecular weight excluding hydrogens is 402 g/mol. The minimum absolute atomic E-state index is 0.0104. The number of aromatic nitrogens is 1. The summed E-state index contributed by atoms with van der Waals surface area (Å²) in [6.45, 7) is 0.351. The van der Waals surface area contributed by atoms with Gasteiger partial charge in [0.2, 0.25) is 5.91 Å². The number of nitrogens with one attached hydrogen (secondary N) is 1. The van der Waals surface area contributed by atoms with Crippen molar-refractivity contribution in [2.24, 2.45) is 0 Å². The lowest BCUT2D eigenvalue weighted by atomic mass is 10.1. The van der Waals surface area contributed by atoms with Crippen molar-refractivity contribution in [3.8, 4) is 5.75 Å². The molecule has 4 aromatic rings. The number of hydrogen-bond acceptors (Lipinski definition) is 4. The Morgan fingerprint density at radius 2 is 1.81 bits per heavy atom. The van der Waals surface area contributed by atoms with E-state index in [-0.39, 0.29) is 11.8 Å². The predicted octanol–water partition coefficient (Wildman–Crippen LogP) is 4.39. The highest BCUT2D eigenvalue weighted by atomic mass is 16.5. The number of amides is 2. The first-order valence-electron chi connectivity index (χ1n) is 10.4. The van der Waals surface area contributed by atoms with Crippen LogP contribution >= 0.6 is 0 Å². The van der Waals surface area contributed by atoms with Crippen LogP contribution in [0.25, 0.3) is 10.9 Å². The third kappa shape index (κ3) is 3.46. The van der Waals surface area contributed by atoms with Crippen molar-refractivity contribution in [2.45, 2.75) is 13.0 Å². The van der Waals surface area contributed by atoms with Crippen molar-refractivity contribution < 1.29 is 14.3 Å². The second kappa shape index (κ2) is 8.15. The Hall–Kier alpha value is -4.19. The van der Waals surface area contributed by atoms with Gasteiger partial charge >= 0.3 is 0 Å². The molecule has 1 aromatic heterocycles. The number of ether oxygens (including phenoxy) is 1. The van der Waals surface area contributed by atoms with Gasteiger partial charge in [0, 0.05) is 23.1 Å². The summed E-state index contributed by atoms with van der Waals surface area (Å²) in [7, 11) is 1.61. The van der Waals surface area contributed by atoms with Gasteiger partial charge in [-0.1, -0.05) is 42.5 Å². The largest absolute Gasteiger partial charge is 0.496 e. The molecule has 32 heavy (non-hydrogen) atoms. The lowest BCUT2D eigenvalue weighted by Gasteiger charge is -2.17. The van der Waals surface area contributed by atoms with Crippen LogP contribution in [0.15, 0.2) is 78.9 Å². The van der Waals surface area contributed by atoms with Crippen LogP contribution in [0.1, 0.15) is 21.5 Å². The summed E-state index contributed by atoms with van der Waals surface area (Å²) < 4.78 is 5.36. The fraction of sp³-hybridized carbons (Fsp3) is 0.115. The molecule has 0 aliphatic carbocycles. The Bertz CT molecular complexity index is 1350. The lowest BCUT2D eigenvalue weighted by Crippen LogP contribution is -2.24. The quantitative estimate of drug-likeness (QED) is 0.517. The molecule has 0 fully saturated rings. The zero-order valence-electron chi connectivity index (χ0n) is 17.5. The van der Waals surface area contributed by atoms with E-state index in [2.05, 4.69) is 5.32 Å². The smallest absolute Gasteiger partial charge is 0.252 e. The third-order valence-corrected chi connectivity index (χ3v) is 5.65. The molecule has 6 nitrogen and oxygen atoms in total. The molecule has 0 bridgehead atoms. The van der Waals surface area contributed by atoms with E-state index in [9.17, 15) is 9.59 Å². The SMILES string of the molecule is COc1ccccc1CNC(=O)c1cccc2nc(N3C(=O)Cc4ccccc43)ccc12. The minimum atomic E-state index is -0.196. The Balaban J connectivity index is 1.44. The van der Waals surface area contributed by atoms with Gasteiger partial charge in [0.25, 0.3) is 5.91 Å². The first-order chi connectivity index (χ1) is 15.7. The highest BCUT2D eigenvalue weighted by Crippen LogP contribution is 2.35. The number of methoxy groups -OCH3 is 1. The molecule has 1 aliphatic heterocycles. The number of rotatable bonds is 5. The molecule has 1 N–H and O–H groups in total. The number of anilines is 2. The molecule has 0 radical (unpaired) electrons. The first kappa shape index (κ1) is 19.8. The Morgan fingerprint density at radius 3 is 2.69 bits per heavy atom. The summed E-state index contributed by atoms with van der Waals surface area (Å²) in [6.07, 6.45) is 0.362. The van der Waals surface area contributed by atoms with Gasteiger partial charge in [0.15, 0.2) is 0 Å². The second-order valence-electron chi connectivity index (χ2n) is 7.57. The summed E-state index contributed by atoms with van der Waals surface area (Å²) in [4.78, 5) is 31.9. The van der Waals surface area contributed by atoms with Gasteiger partial charge in [-0.2, -0.15) is 0 Å². The van der Waals surface area contributed by atoms with Crippen LogP contribution in [0.2, 0.25) is 0 Å². The number of para-hydroxylation sites is 2. The molecule has 0 unspecified atom stereocenters. The van der Waals surface area contributed by atoms with Crippen molar-refractivity contribution in [2.75, 3.05) is 12.0 Å². The molecule has 0 saturated carbocycles. The topological polar surface area (TPSA) is 71.5 Å². The third-order valence-electron chi connectivity index (χ3n) is 5.65. The van der Waals surface area contributed by atoms with Gasteiger partial charge in [0.1, 0.15) is 11.6 Å². The molecular formula is C26H21N3O3. The molecule has 2 heterocycles. The number of carbonyl (C=O) groups is 2. The number of pyridine rings is 1. The summed E-state index contributed by atoms with van der Waals surface area (Å²) in [5, 5.41) is 3.69. The normalized spacial score (nSPS) is 12.7. The van der Waals surface area contributed by atoms with Gasteiger partial charge in [-0.05, 0) is 42.0 Å². The second-order valence-corrected chi connectivity index (χ2v) is 7.57. The maximum atomic E-state index is 12.9. The van der Waals surface area contributed by atoms with E-state index in [1.807, 2.05) is 60.7 Å². The van der Waals surface area contributed by atoms with E-state index in [0.717, 1.165) is 28.0 Å². The fourth-order valence-corrected chi connectivity index (χ4v) is 4.09. The average Bonchev–Trinajstić information content (AvgIpc) is 3.17. The van der Waals surface area contributed by atoms with Gasteiger partial charge in [-0.25, -0.2) is 4.98 Å². The van der Waals surface area contributed by atoms with E-state index < -0.39 is 0 Å². The van der Waals surface area contributed by atoms with E-state index in [1.54, 1.807) is 30.2 Å². The fourth-order valence-electron chi connectivity index (χ4n) is 4.09. The highest BCUT2D eigenvalue weighted by molar-refractivity contribution is 6.09. The molecule has 1 aliphatic rings. The Kier molecular flexibility index (Phi) is 5.03. The standard InChI is InChI=1S/C26H21N3O3/c1-32-23-12-5-3-8-18(23)16-27-26(31)20-9-6-10-21-19(20)13-14-24(28-21)29-22-11-4-2-7-17(22)15-25(29)30/h2-14H,15-16H2,1H3,(H,27,31). The molecule has 5 rings (SSSR count). The zero-order chi connectivity index (χ0) is 22.1.